The zero-order valence-electron chi connectivity index (χ0n) is 16.0. The highest BCUT2D eigenvalue weighted by Crippen LogP contribution is 2.25. The molecule has 1 aromatic carbocycles. The van der Waals surface area contributed by atoms with Crippen LogP contribution in [0.3, 0.4) is 0 Å². The first-order valence-electron chi connectivity index (χ1n) is 9.02. The average molecular weight is 377 g/mol. The van der Waals surface area contributed by atoms with Gasteiger partial charge in [0.2, 0.25) is 5.91 Å². The van der Waals surface area contributed by atoms with Gasteiger partial charge in [-0.05, 0) is 47.9 Å². The van der Waals surface area contributed by atoms with Crippen molar-refractivity contribution in [1.82, 2.24) is 15.3 Å². The van der Waals surface area contributed by atoms with Gasteiger partial charge in [-0.1, -0.05) is 6.07 Å². The van der Waals surface area contributed by atoms with Crippen LogP contribution in [0.5, 0.6) is 11.5 Å². The van der Waals surface area contributed by atoms with E-state index >= 15 is 0 Å². The van der Waals surface area contributed by atoms with Gasteiger partial charge in [0.25, 0.3) is 0 Å². The Labute approximate surface area is 164 Å². The fraction of sp³-hybridized carbons (Fsp3) is 0.227. The predicted octanol–water partition coefficient (Wildman–Crippen LogP) is 3.41. The highest BCUT2D eigenvalue weighted by molar-refractivity contribution is 5.76. The number of hydrogen-bond acceptors (Lipinski definition) is 5. The van der Waals surface area contributed by atoms with E-state index in [0.717, 1.165) is 33.9 Å². The largest absolute Gasteiger partial charge is 0.497 e. The Balaban J connectivity index is 1.55. The van der Waals surface area contributed by atoms with Crippen LogP contribution in [0.4, 0.5) is 0 Å². The Morgan fingerprint density at radius 2 is 1.96 bits per heavy atom. The van der Waals surface area contributed by atoms with Crippen molar-refractivity contribution in [2.24, 2.45) is 0 Å². The molecule has 0 aliphatic heterocycles. The molecule has 0 fully saturated rings. The Morgan fingerprint density at radius 3 is 2.71 bits per heavy atom. The number of methoxy groups -OCH3 is 2. The van der Waals surface area contributed by atoms with Crippen molar-refractivity contribution >= 4 is 5.91 Å². The number of carbonyl (C=O) groups is 1. The summed E-state index contributed by atoms with van der Waals surface area (Å²) in [7, 11) is 3.22. The summed E-state index contributed by atoms with van der Waals surface area (Å²) in [6, 6.07) is 13.3. The first-order chi connectivity index (χ1) is 13.7. The predicted molar refractivity (Wildman–Crippen MR) is 107 cm³/mol. The van der Waals surface area contributed by atoms with Crippen molar-refractivity contribution in [2.45, 2.75) is 19.4 Å². The molecule has 0 spiro atoms. The number of nitrogens with one attached hydrogen (secondary N) is 1. The molecule has 0 aliphatic rings. The molecule has 0 saturated carbocycles. The Kier molecular flexibility index (Phi) is 6.57. The van der Waals surface area contributed by atoms with Gasteiger partial charge in [0.15, 0.2) is 0 Å². The second-order valence-electron chi connectivity index (χ2n) is 6.25. The maximum atomic E-state index is 12.3. The van der Waals surface area contributed by atoms with Gasteiger partial charge in [-0.15, -0.1) is 0 Å². The molecule has 1 N–H and O–H groups in total. The Hall–Kier alpha value is -3.41. The molecule has 2 aromatic heterocycles. The number of nitrogens with zero attached hydrogens (tertiary/aromatic N) is 2. The van der Waals surface area contributed by atoms with Crippen LogP contribution >= 0.6 is 0 Å². The van der Waals surface area contributed by atoms with Gasteiger partial charge in [0, 0.05) is 43.2 Å². The molecule has 0 bridgehead atoms. The third-order valence-corrected chi connectivity index (χ3v) is 4.39. The average Bonchev–Trinajstić information content (AvgIpc) is 2.77. The lowest BCUT2D eigenvalue weighted by Gasteiger charge is -2.11. The van der Waals surface area contributed by atoms with Crippen molar-refractivity contribution in [3.63, 3.8) is 0 Å². The number of rotatable bonds is 8. The molecule has 0 unspecified atom stereocenters. The van der Waals surface area contributed by atoms with Crippen LogP contribution < -0.4 is 14.8 Å². The molecular weight excluding hydrogens is 354 g/mol. The molecule has 0 radical (unpaired) electrons. The lowest BCUT2D eigenvalue weighted by atomic mass is 10.1. The SMILES string of the molecule is COc1ccc(CCC(=O)NCc2ccnc(-c3cccnc3)c2)c(OC)c1. The fourth-order valence-corrected chi connectivity index (χ4v) is 2.85. The van der Waals surface area contributed by atoms with Crippen molar-refractivity contribution in [2.75, 3.05) is 14.2 Å². The van der Waals surface area contributed by atoms with Gasteiger partial charge in [-0.3, -0.25) is 14.8 Å². The van der Waals surface area contributed by atoms with Crippen molar-refractivity contribution in [3.05, 3.63) is 72.2 Å². The van der Waals surface area contributed by atoms with Gasteiger partial charge in [-0.2, -0.15) is 0 Å². The molecule has 144 valence electrons. The second kappa shape index (κ2) is 9.50. The summed E-state index contributed by atoms with van der Waals surface area (Å²) in [5.41, 5.74) is 3.75. The molecule has 3 rings (SSSR count). The minimum atomic E-state index is -0.0161. The third kappa shape index (κ3) is 5.07. The van der Waals surface area contributed by atoms with Crippen LogP contribution in [-0.4, -0.2) is 30.1 Å². The van der Waals surface area contributed by atoms with Gasteiger partial charge < -0.3 is 14.8 Å². The van der Waals surface area contributed by atoms with E-state index in [1.807, 2.05) is 42.5 Å². The van der Waals surface area contributed by atoms with E-state index < -0.39 is 0 Å². The monoisotopic (exact) mass is 377 g/mol. The Morgan fingerprint density at radius 1 is 1.07 bits per heavy atom. The van der Waals surface area contributed by atoms with Crippen LogP contribution in [0.25, 0.3) is 11.3 Å². The lowest BCUT2D eigenvalue weighted by Crippen LogP contribution is -2.23. The van der Waals surface area contributed by atoms with Crippen molar-refractivity contribution in [3.8, 4) is 22.8 Å². The molecule has 0 saturated heterocycles. The molecule has 0 atom stereocenters. The summed E-state index contributed by atoms with van der Waals surface area (Å²) in [6.07, 6.45) is 6.21. The number of hydrogen-bond donors (Lipinski definition) is 1. The molecule has 3 aromatic rings. The number of amides is 1. The third-order valence-electron chi connectivity index (χ3n) is 4.39. The molecule has 6 heteroatoms. The van der Waals surface area contributed by atoms with Crippen LogP contribution in [0.15, 0.2) is 61.1 Å². The first-order valence-corrected chi connectivity index (χ1v) is 9.02. The van der Waals surface area contributed by atoms with Crippen LogP contribution in [0.2, 0.25) is 0 Å². The van der Waals surface area contributed by atoms with E-state index in [2.05, 4.69) is 15.3 Å². The summed E-state index contributed by atoms with van der Waals surface area (Å²) in [6.45, 7) is 0.453. The minimum absolute atomic E-state index is 0.0161. The minimum Gasteiger partial charge on any atom is -0.497 e. The maximum Gasteiger partial charge on any atom is 0.220 e. The smallest absolute Gasteiger partial charge is 0.220 e. The molecular formula is C22H23N3O3. The van der Waals surface area contributed by atoms with E-state index in [1.165, 1.54) is 0 Å². The molecule has 28 heavy (non-hydrogen) atoms. The van der Waals surface area contributed by atoms with Crippen molar-refractivity contribution < 1.29 is 14.3 Å². The molecule has 1 amide bonds. The highest BCUT2D eigenvalue weighted by atomic mass is 16.5. The fourth-order valence-electron chi connectivity index (χ4n) is 2.85. The number of aromatic nitrogens is 2. The van der Waals surface area contributed by atoms with Gasteiger partial charge >= 0.3 is 0 Å². The van der Waals surface area contributed by atoms with Gasteiger partial charge in [-0.25, -0.2) is 0 Å². The topological polar surface area (TPSA) is 73.3 Å². The van der Waals surface area contributed by atoms with Gasteiger partial charge in [0.1, 0.15) is 11.5 Å². The van der Waals surface area contributed by atoms with E-state index in [1.54, 1.807) is 32.8 Å². The maximum absolute atomic E-state index is 12.3. The number of carbonyl (C=O) groups excluding carboxylic acids is 1. The highest BCUT2D eigenvalue weighted by Gasteiger charge is 2.09. The number of pyridine rings is 2. The molecule has 2 heterocycles. The Bertz CT molecular complexity index is 929. The van der Waals surface area contributed by atoms with E-state index in [9.17, 15) is 4.79 Å². The summed E-state index contributed by atoms with van der Waals surface area (Å²) in [4.78, 5) is 20.7. The zero-order chi connectivity index (χ0) is 19.8. The standard InChI is InChI=1S/C22H23N3O3/c1-27-19-7-5-17(21(13-19)28-2)6-8-22(26)25-14-16-9-11-24-20(12-16)18-4-3-10-23-15-18/h3-5,7,9-13,15H,6,8,14H2,1-2H3,(H,25,26). The van der Waals surface area contributed by atoms with E-state index in [4.69, 9.17) is 9.47 Å². The summed E-state index contributed by atoms with van der Waals surface area (Å²) >= 11 is 0. The van der Waals surface area contributed by atoms with Crippen LogP contribution in [0.1, 0.15) is 17.5 Å². The van der Waals surface area contributed by atoms with Crippen molar-refractivity contribution in [1.29, 1.82) is 0 Å². The molecule has 0 aliphatic carbocycles. The summed E-state index contributed by atoms with van der Waals surface area (Å²) < 4.78 is 10.6. The zero-order valence-corrected chi connectivity index (χ0v) is 16.0. The quantitative estimate of drug-likeness (QED) is 0.651. The second-order valence-corrected chi connectivity index (χ2v) is 6.25. The normalized spacial score (nSPS) is 10.4. The van der Waals surface area contributed by atoms with Crippen LogP contribution in [0, 0.1) is 0 Å². The molecule has 6 nitrogen and oxygen atoms in total. The number of ether oxygens (including phenoxy) is 2. The van der Waals surface area contributed by atoms with Gasteiger partial charge in [0.05, 0.1) is 19.9 Å². The summed E-state index contributed by atoms with van der Waals surface area (Å²) in [5, 5.41) is 2.96. The summed E-state index contributed by atoms with van der Waals surface area (Å²) in [5.74, 6) is 1.44. The first kappa shape index (κ1) is 19.4. The number of aryl methyl sites for hydroxylation is 1. The van der Waals surface area contributed by atoms with E-state index in [-0.39, 0.29) is 5.91 Å². The lowest BCUT2D eigenvalue weighted by molar-refractivity contribution is -0.121. The van der Waals surface area contributed by atoms with Crippen LogP contribution in [-0.2, 0) is 17.8 Å². The number of benzene rings is 1. The van der Waals surface area contributed by atoms with E-state index in [0.29, 0.717) is 19.4 Å².